The molecule has 0 spiro atoms. The van der Waals surface area contributed by atoms with Crippen LogP contribution < -0.4 is 57.4 Å². The van der Waals surface area contributed by atoms with Crippen LogP contribution >= 0.6 is 104 Å². The van der Waals surface area contributed by atoms with Gasteiger partial charge in [-0.15, -0.1) is 104 Å². The van der Waals surface area contributed by atoms with E-state index in [9.17, 15) is 111 Å². The average Bonchev–Trinajstić information content (AvgIpc) is 1.65. The predicted octanol–water partition coefficient (Wildman–Crippen LogP) is 3.62. The van der Waals surface area contributed by atoms with Crippen molar-refractivity contribution in [2.75, 3.05) is 26.2 Å². The zero-order valence-electron chi connectivity index (χ0n) is 62.7. The topological polar surface area (TPSA) is 663 Å². The summed E-state index contributed by atoms with van der Waals surface area (Å²) in [6.45, 7) is 21.3. The monoisotopic (exact) mass is 2090 g/mol. The fraction of sp³-hybridized carbons (Fsp3) is 0.569. The van der Waals surface area contributed by atoms with Crippen molar-refractivity contribution in [2.45, 2.75) is 233 Å². The first-order chi connectivity index (χ1) is 51.4. The third kappa shape index (κ3) is 23.0. The minimum atomic E-state index is -3.98. The van der Waals surface area contributed by atoms with E-state index in [0.29, 0.717) is 102 Å². The zero-order valence-corrected chi connectivity index (χ0v) is 80.6. The number of hydrogen-bond acceptors (Lipinski definition) is 36. The van der Waals surface area contributed by atoms with Crippen molar-refractivity contribution in [3.05, 3.63) is 69.8 Å². The van der Waals surface area contributed by atoms with Crippen LogP contribution in [0.4, 0.5) is 0 Å². The second kappa shape index (κ2) is 38.0. The Morgan fingerprint density at radius 3 is 0.670 bits per heavy atom. The van der Waals surface area contributed by atoms with Crippen LogP contribution in [0, 0.1) is 0 Å². The number of sulfonamides is 6. The molecule has 57 heteroatoms. The van der Waals surface area contributed by atoms with Crippen LogP contribution in [-0.4, -0.2) is 170 Å². The molecular weight excluding hydrogens is 2010 g/mol. The van der Waals surface area contributed by atoms with E-state index < -0.39 is 163 Å². The molecule has 656 valence electrons. The number of sulfone groups is 6. The Kier molecular flexibility index (Phi) is 34.1. The molecule has 6 aliphatic heterocycles. The summed E-state index contributed by atoms with van der Waals surface area (Å²) in [4.78, 5) is 11.2. The summed E-state index contributed by atoms with van der Waals surface area (Å²) >= 11 is 4.19. The van der Waals surface area contributed by atoms with E-state index in [1.165, 1.54) is 51.1 Å². The molecule has 1 amide bonds. The Morgan fingerprint density at radius 2 is 0.496 bits per heavy atom. The molecule has 0 aromatic carbocycles. The van der Waals surface area contributed by atoms with Crippen LogP contribution in [0.2, 0.25) is 0 Å². The second-order valence-corrected chi connectivity index (χ2v) is 59.3. The maximum Gasteiger partial charge on any atom is 0.247 e. The number of primary sulfonamides is 6. The summed E-state index contributed by atoms with van der Waals surface area (Å²) in [5.41, 5.74) is 2.52. The number of aliphatic hydroxyl groups excluding tert-OH is 1. The van der Waals surface area contributed by atoms with Gasteiger partial charge in [-0.2, -0.15) is 0 Å². The summed E-state index contributed by atoms with van der Waals surface area (Å²) in [6, 6.07) is 6.79. The van der Waals surface area contributed by atoms with Crippen LogP contribution in [0.5, 0.6) is 0 Å². The van der Waals surface area contributed by atoms with Gasteiger partial charge >= 0.3 is 0 Å². The Hall–Kier alpha value is -2.35. The molecule has 18 N–H and O–H groups in total. The van der Waals surface area contributed by atoms with Crippen LogP contribution in [0.15, 0.2) is 86.9 Å². The number of halogens is 2. The SMILES string of the molecule is CC(=O)NC1CC(C)S(=O)(=O)c2sc(S(N)(=O)=O)cc21.CC1CC(O)c2cc(S(N)(=O)=O)sc2S1(=O)=O.CCNC1CC(C)S(=O)(=O)c2sc(S(N)(=O)=O)cc21.CCN[C@H]1C[C@H](C)S(=O)(=O)c2sc(S(N)(=O)=O)cc21.CCN[C@H]1C[C@H](C)S(=O)(=O)c2sc(S(N)(=O)=O)cc21.CCN[C@H]1C[C@H](C)S(=O)(=O)c2sc(S(N)(=O)=O)cc21.Cl.I. The van der Waals surface area contributed by atoms with Gasteiger partial charge in [0.2, 0.25) is 66.0 Å². The summed E-state index contributed by atoms with van der Waals surface area (Å²) < 4.78 is 282. The molecule has 6 unspecified atom stereocenters. The van der Waals surface area contributed by atoms with E-state index in [1.807, 2.05) is 27.7 Å². The molecule has 6 aromatic rings. The molecule has 0 saturated carbocycles. The fourth-order valence-corrected chi connectivity index (χ4v) is 39.0. The average molecular weight is 2100 g/mol. The number of nitrogens with two attached hydrogens (primary N) is 6. The predicted molar refractivity (Wildman–Crippen MR) is 452 cm³/mol. The second-order valence-electron chi connectivity index (χ2n) is 26.9. The highest BCUT2D eigenvalue weighted by atomic mass is 127. The van der Waals surface area contributed by atoms with E-state index in [1.54, 1.807) is 27.7 Å². The molecule has 12 atom stereocenters. The molecule has 0 radical (unpaired) electrons. The summed E-state index contributed by atoms with van der Waals surface area (Å²) in [7, 11) is -44.4. The molecule has 115 heavy (non-hydrogen) atoms. The number of carbonyl (C=O) groups excluding carboxylic acids is 1. The summed E-state index contributed by atoms with van der Waals surface area (Å²) in [6.07, 6.45) is 1.04. The highest BCUT2D eigenvalue weighted by molar-refractivity contribution is 14.0. The van der Waals surface area contributed by atoms with Gasteiger partial charge in [0.15, 0.2) is 59.0 Å². The largest absolute Gasteiger partial charge is 0.388 e. The maximum absolute atomic E-state index is 12.2. The van der Waals surface area contributed by atoms with Gasteiger partial charge in [0.1, 0.15) is 50.5 Å². The number of amides is 1. The van der Waals surface area contributed by atoms with Gasteiger partial charge in [-0.1, -0.05) is 27.7 Å². The number of fused-ring (bicyclic) bond motifs is 6. The van der Waals surface area contributed by atoms with E-state index in [0.717, 1.165) is 51.4 Å². The Balaban J connectivity index is 0.000000246. The first-order valence-corrected chi connectivity index (χ1v) is 57.1. The Labute approximate surface area is 718 Å². The van der Waals surface area contributed by atoms with Crippen molar-refractivity contribution < 1.29 is 111 Å². The lowest BCUT2D eigenvalue weighted by Crippen LogP contribution is -2.35. The molecule has 12 heterocycles. The number of hydrogen-bond donors (Lipinski definition) is 12. The molecule has 12 rings (SSSR count). The molecule has 0 saturated heterocycles. The smallest absolute Gasteiger partial charge is 0.247 e. The lowest BCUT2D eigenvalue weighted by atomic mass is 10.1. The normalized spacial score (nSPS) is 25.7. The van der Waals surface area contributed by atoms with Gasteiger partial charge in [-0.05, 0) is 143 Å². The minimum absolute atomic E-state index is 0. The number of nitrogens with one attached hydrogen (secondary N) is 5. The number of rotatable bonds is 15. The van der Waals surface area contributed by atoms with Gasteiger partial charge in [0, 0.05) is 64.5 Å². The van der Waals surface area contributed by atoms with Crippen molar-refractivity contribution in [1.29, 1.82) is 0 Å². The molecule has 0 aliphatic carbocycles. The Bertz CT molecular complexity index is 5620. The van der Waals surface area contributed by atoms with Crippen LogP contribution in [0.25, 0.3) is 0 Å². The maximum atomic E-state index is 12.2. The third-order valence-electron chi connectivity index (χ3n) is 18.4. The Morgan fingerprint density at radius 1 is 0.339 bits per heavy atom. The van der Waals surface area contributed by atoms with Crippen molar-refractivity contribution in [2.24, 2.45) is 30.8 Å². The molecule has 0 fully saturated rings. The fourth-order valence-electron chi connectivity index (χ4n) is 12.5. The van der Waals surface area contributed by atoms with Crippen LogP contribution in [0.1, 0.15) is 184 Å². The van der Waals surface area contributed by atoms with Gasteiger partial charge in [0.05, 0.1) is 43.6 Å². The minimum Gasteiger partial charge on any atom is -0.388 e. The van der Waals surface area contributed by atoms with Crippen LogP contribution in [-0.2, 0) is 124 Å². The molecule has 6 aromatic heterocycles. The van der Waals surface area contributed by atoms with E-state index in [4.69, 9.17) is 30.8 Å². The molecular formula is C58H91ClIN11O26S18. The van der Waals surface area contributed by atoms with Crippen molar-refractivity contribution in [1.82, 2.24) is 26.6 Å². The quantitative estimate of drug-likeness (QED) is 0.0653. The lowest BCUT2D eigenvalue weighted by Gasteiger charge is -2.27. The number of carbonyl (C=O) groups is 1. The van der Waals surface area contributed by atoms with Gasteiger partial charge in [-0.3, -0.25) is 4.79 Å². The van der Waals surface area contributed by atoms with Crippen molar-refractivity contribution >= 4 is 229 Å². The molecule has 0 bridgehead atoms. The van der Waals surface area contributed by atoms with E-state index >= 15 is 0 Å². The summed E-state index contributed by atoms with van der Waals surface area (Å²) in [5, 5.41) is 51.9. The van der Waals surface area contributed by atoms with Gasteiger partial charge in [-0.25, -0.2) is 132 Å². The highest BCUT2D eigenvalue weighted by Crippen LogP contribution is 2.49. The van der Waals surface area contributed by atoms with Gasteiger partial charge < -0.3 is 31.7 Å². The number of thiophene rings is 6. The van der Waals surface area contributed by atoms with Crippen molar-refractivity contribution in [3.63, 3.8) is 0 Å². The third-order valence-corrected chi connectivity index (χ3v) is 50.3. The zero-order chi connectivity index (χ0) is 86.0. The number of aliphatic hydroxyl groups is 1. The highest BCUT2D eigenvalue weighted by Gasteiger charge is 2.46. The van der Waals surface area contributed by atoms with E-state index in [2.05, 4.69) is 26.6 Å². The first-order valence-electron chi connectivity index (χ1n) is 33.7. The summed E-state index contributed by atoms with van der Waals surface area (Å²) in [5.74, 6) is -0.309. The van der Waals surface area contributed by atoms with E-state index in [-0.39, 0.29) is 135 Å². The van der Waals surface area contributed by atoms with Crippen molar-refractivity contribution in [3.8, 4) is 0 Å². The van der Waals surface area contributed by atoms with Crippen LogP contribution in [0.3, 0.4) is 0 Å². The lowest BCUT2D eigenvalue weighted by molar-refractivity contribution is -0.119. The first kappa shape index (κ1) is 103. The molecule has 6 aliphatic rings. The van der Waals surface area contributed by atoms with Gasteiger partial charge in [0.25, 0.3) is 0 Å². The molecule has 37 nitrogen and oxygen atoms in total. The standard InChI is InChI=1S/C10H14N2O5S3.4C10H16N2O4S3.C8H11NO5S3.ClH.HI/c1-5-3-8(12-6(2)13)7-4-9(20(11,16)17)18-10(7)19(5,14)15;4*1-3-12-8-4-6(2)18(13,14)10-7(8)5-9(17-10)19(11,15)16;1-4-2-6(10)5-3-7(17(9,13)14)15-8(5)16(4,11)12;;/h4-5,8H,3H2,1-2H3,(H,12,13)(H2,11,16,17);4*5-6,8,12H,3-4H2,1-2H3,(H2,11,15,16);3-4,6,10H,2H2,1H3,(H2,9,13,14);2*1H/t;3*6-,8-;;;;/m.000..../s1.